The lowest BCUT2D eigenvalue weighted by atomic mass is 9.74. The van der Waals surface area contributed by atoms with Crippen LogP contribution in [-0.4, -0.2) is 149 Å². The smallest absolute Gasteiger partial charge is 0.311 e. The lowest BCUT2D eigenvalue weighted by Gasteiger charge is -2.36. The predicted molar refractivity (Wildman–Crippen MR) is 362 cm³/mol. The van der Waals surface area contributed by atoms with Gasteiger partial charge in [0.05, 0.1) is 102 Å². The molecule has 15 rings (SSSR count). The second-order valence-corrected chi connectivity index (χ2v) is 35.7. The fourth-order valence-electron chi connectivity index (χ4n) is 20.4. The fraction of sp³-hybridized carbons (Fsp3) is 0.873. The molecule has 566 valence electrons. The Morgan fingerprint density at radius 3 is 1.05 bits per heavy atom. The first-order valence-electron chi connectivity index (χ1n) is 38.6. The molecule has 5 saturated heterocycles. The number of hydrogen-bond acceptors (Lipinski definition) is 22. The van der Waals surface area contributed by atoms with Crippen LogP contribution >= 0.6 is 0 Å². The van der Waals surface area contributed by atoms with Crippen LogP contribution in [0.4, 0.5) is 0 Å². The van der Waals surface area contributed by atoms with Crippen LogP contribution in [0.15, 0.2) is 0 Å². The molecule has 5 heterocycles. The minimum Gasteiger partial charge on any atom is -0.465 e. The molecular formula is C79H118O22. The lowest BCUT2D eigenvalue weighted by molar-refractivity contribution is -0.176. The second kappa shape index (κ2) is 29.2. The molecule has 0 aromatic carbocycles. The number of carbonyl (C=O) groups excluding carboxylic acids is 10. The number of fused-ring (bicyclic) bond motifs is 25. The van der Waals surface area contributed by atoms with Crippen molar-refractivity contribution in [1.29, 1.82) is 0 Å². The lowest BCUT2D eigenvalue weighted by Crippen LogP contribution is -2.47. The summed E-state index contributed by atoms with van der Waals surface area (Å²) in [6, 6.07) is 0. The van der Waals surface area contributed by atoms with E-state index in [1.54, 1.807) is 7.11 Å². The van der Waals surface area contributed by atoms with Crippen LogP contribution < -0.4 is 0 Å². The third-order valence-corrected chi connectivity index (χ3v) is 28.7. The van der Waals surface area contributed by atoms with Gasteiger partial charge in [0.2, 0.25) is 0 Å². The van der Waals surface area contributed by atoms with Crippen molar-refractivity contribution in [3.8, 4) is 0 Å². The molecule has 22 nitrogen and oxygen atoms in total. The van der Waals surface area contributed by atoms with Crippen molar-refractivity contribution >= 4 is 59.7 Å². The number of esters is 10. The van der Waals surface area contributed by atoms with E-state index in [0.717, 1.165) is 77.0 Å². The van der Waals surface area contributed by atoms with Gasteiger partial charge < -0.3 is 56.8 Å². The van der Waals surface area contributed by atoms with E-state index in [1.807, 2.05) is 111 Å². The molecule has 0 aromatic heterocycles. The van der Waals surface area contributed by atoms with Crippen molar-refractivity contribution in [2.45, 2.75) is 237 Å². The van der Waals surface area contributed by atoms with Gasteiger partial charge in [0, 0.05) is 84.7 Å². The van der Waals surface area contributed by atoms with Crippen molar-refractivity contribution in [3.05, 3.63) is 0 Å². The van der Waals surface area contributed by atoms with Gasteiger partial charge in [-0.2, -0.15) is 0 Å². The molecule has 15 fully saturated rings. The van der Waals surface area contributed by atoms with Crippen LogP contribution in [0.1, 0.15) is 195 Å². The zero-order chi connectivity index (χ0) is 73.7. The van der Waals surface area contributed by atoms with Gasteiger partial charge in [-0.3, -0.25) is 47.9 Å². The molecule has 0 aromatic rings. The van der Waals surface area contributed by atoms with Gasteiger partial charge in [0.25, 0.3) is 0 Å². The molecule has 5 aliphatic heterocycles. The van der Waals surface area contributed by atoms with E-state index in [-0.39, 0.29) is 191 Å². The van der Waals surface area contributed by atoms with Crippen molar-refractivity contribution in [3.63, 3.8) is 0 Å². The van der Waals surface area contributed by atoms with Crippen molar-refractivity contribution in [1.82, 2.24) is 0 Å². The Morgan fingerprint density at radius 1 is 0.327 bits per heavy atom. The SMILES string of the molecule is CCC(C)(C)C(=O)OC1C(C)C2CC1C1COC(=O)C21.CCC(C)(C)C(=O)OC1C2CC(C1OC)C1C(=O)OCC21.CCC(C)(C)C(=O)OC1CC2CC1C1C(=O)OCC21.CCC(C)(C)C(=O)OC1CC2CC1C1COC(=O)C21.CCOC1C2CC(C3COC(=O)C32)C1OC(=O)C(C)(C)CC. The van der Waals surface area contributed by atoms with Crippen LogP contribution in [0.5, 0.6) is 0 Å². The summed E-state index contributed by atoms with van der Waals surface area (Å²) in [5.41, 5.74) is -2.24. The summed E-state index contributed by atoms with van der Waals surface area (Å²) in [6.45, 7) is 36.3. The minimum atomic E-state index is -0.486. The van der Waals surface area contributed by atoms with E-state index >= 15 is 0 Å². The zero-order valence-electron chi connectivity index (χ0n) is 63.4. The quantitative estimate of drug-likeness (QED) is 0.0910. The van der Waals surface area contributed by atoms with Crippen LogP contribution in [0, 0.1) is 151 Å². The standard InChI is InChI=1S/C17H26O5.C16H24O5.C16H24O4.2C15H22O4/c1-5-17(3,4)16(19)22-14-9-7-10(13(14)20-6-2)12-11(9)8-21-15(12)18;1-5-16(2,3)15(18)21-13-8-6-9(12(13)19-4)11-10(8)7-20-14(11)17;1-5-16(3,4)15(18)20-13-8(2)9-6-10(13)11-7-19-14(17)12(9)11;1-4-15(2,3)14(17)19-11-6-8-5-9(11)10-7-18-13(16)12(8)10;1-4-15(2,3)14(17)19-11-6-8-5-9(11)12-10(8)7-18-13(12)16/h9-14H,5-8H2,1-4H3;8-13H,5-7H2,1-4H3;8-13H,5-7H2,1-4H3;2*8-12H,4-7H2,1-3H3. The van der Waals surface area contributed by atoms with E-state index in [2.05, 4.69) is 6.92 Å². The van der Waals surface area contributed by atoms with Crippen molar-refractivity contribution in [2.24, 2.45) is 151 Å². The van der Waals surface area contributed by atoms with Gasteiger partial charge in [0.15, 0.2) is 0 Å². The molecule has 22 heteroatoms. The number of rotatable bonds is 18. The highest BCUT2D eigenvalue weighted by Crippen LogP contribution is 2.62. The van der Waals surface area contributed by atoms with Crippen molar-refractivity contribution < 1.29 is 105 Å². The zero-order valence-corrected chi connectivity index (χ0v) is 63.4. The van der Waals surface area contributed by atoms with Crippen LogP contribution in [0.2, 0.25) is 0 Å². The van der Waals surface area contributed by atoms with Gasteiger partial charge in [0.1, 0.15) is 30.5 Å². The Bertz CT molecular complexity index is 3150. The number of methoxy groups -OCH3 is 1. The monoisotopic (exact) mass is 1420 g/mol. The summed E-state index contributed by atoms with van der Waals surface area (Å²) in [7, 11) is 1.63. The fourth-order valence-corrected chi connectivity index (χ4v) is 20.4. The molecule has 10 aliphatic carbocycles. The van der Waals surface area contributed by atoms with Gasteiger partial charge >= 0.3 is 59.7 Å². The summed E-state index contributed by atoms with van der Waals surface area (Å²) < 4.78 is 66.4. The van der Waals surface area contributed by atoms with E-state index in [9.17, 15) is 47.9 Å². The topological polar surface area (TPSA) is 281 Å². The third kappa shape index (κ3) is 13.9. The predicted octanol–water partition coefficient (Wildman–Crippen LogP) is 10.7. The van der Waals surface area contributed by atoms with Crippen LogP contribution in [-0.2, 0) is 105 Å². The Labute approximate surface area is 597 Å². The Hall–Kier alpha value is -5.38. The highest BCUT2D eigenvalue weighted by Gasteiger charge is 2.69. The van der Waals surface area contributed by atoms with Crippen molar-refractivity contribution in [2.75, 3.05) is 46.8 Å². The molecule has 101 heavy (non-hydrogen) atoms. The molecule has 0 radical (unpaired) electrons. The normalized spacial score (nSPS) is 40.7. The third-order valence-electron chi connectivity index (χ3n) is 28.7. The molecule has 10 saturated carbocycles. The molecule has 0 N–H and O–H groups in total. The van der Waals surface area contributed by atoms with E-state index in [4.69, 9.17) is 56.8 Å². The van der Waals surface area contributed by atoms with Crippen LogP contribution in [0.25, 0.3) is 0 Å². The van der Waals surface area contributed by atoms with Crippen LogP contribution in [0.3, 0.4) is 0 Å². The highest BCUT2D eigenvalue weighted by atomic mass is 16.6. The number of hydrogen-bond donors (Lipinski definition) is 0. The molecule has 28 unspecified atom stereocenters. The second-order valence-electron chi connectivity index (χ2n) is 35.7. The average Bonchev–Trinajstić information content (AvgIpc) is 1.60. The minimum absolute atomic E-state index is 0.000856. The molecule has 10 bridgehead atoms. The number of cyclic esters (lactones) is 5. The van der Waals surface area contributed by atoms with E-state index in [1.165, 1.54) is 0 Å². The molecule has 0 amide bonds. The maximum Gasteiger partial charge on any atom is 0.311 e. The maximum atomic E-state index is 12.5. The Kier molecular flexibility index (Phi) is 22.2. The largest absolute Gasteiger partial charge is 0.465 e. The molecule has 15 aliphatic rings. The molecule has 0 spiro atoms. The summed E-state index contributed by atoms with van der Waals surface area (Å²) in [4.78, 5) is 120. The van der Waals surface area contributed by atoms with Gasteiger partial charge in [-0.25, -0.2) is 0 Å². The maximum absolute atomic E-state index is 12.5. The Morgan fingerprint density at radius 2 is 0.634 bits per heavy atom. The first kappa shape index (κ1) is 76.7. The van der Waals surface area contributed by atoms with Gasteiger partial charge in [-0.05, 0) is 177 Å². The van der Waals surface area contributed by atoms with E-state index in [0.29, 0.717) is 75.1 Å². The number of ether oxygens (including phenoxy) is 12. The molecular weight excluding hydrogens is 1300 g/mol. The molecule has 28 atom stereocenters. The summed E-state index contributed by atoms with van der Waals surface area (Å²) >= 11 is 0. The van der Waals surface area contributed by atoms with Gasteiger partial charge in [-0.15, -0.1) is 0 Å². The first-order valence-corrected chi connectivity index (χ1v) is 38.6. The number of carbonyl (C=O) groups is 10. The average molecular weight is 1420 g/mol. The summed E-state index contributed by atoms with van der Waals surface area (Å²) in [5, 5.41) is 0. The van der Waals surface area contributed by atoms with E-state index < -0.39 is 27.1 Å². The summed E-state index contributed by atoms with van der Waals surface area (Å²) in [5.74, 6) is 3.25. The Balaban J connectivity index is 0.000000127. The summed E-state index contributed by atoms with van der Waals surface area (Å²) in [6.07, 6.45) is 9.45. The van der Waals surface area contributed by atoms with Gasteiger partial charge in [-0.1, -0.05) is 41.5 Å². The first-order chi connectivity index (χ1) is 47.5. The highest BCUT2D eigenvalue weighted by molar-refractivity contribution is 5.81.